The zero-order chi connectivity index (χ0) is 19.8. The van der Waals surface area contributed by atoms with E-state index in [9.17, 15) is 9.59 Å². The van der Waals surface area contributed by atoms with Crippen molar-refractivity contribution in [2.45, 2.75) is 19.9 Å². The van der Waals surface area contributed by atoms with Crippen molar-refractivity contribution < 1.29 is 9.53 Å². The van der Waals surface area contributed by atoms with E-state index in [2.05, 4.69) is 9.97 Å². The summed E-state index contributed by atoms with van der Waals surface area (Å²) in [5.74, 6) is -0.502. The number of carbonyl (C=O) groups excluding carboxylic acids is 1. The average molecular weight is 396 g/mol. The number of nitrogens with one attached hydrogen (secondary N) is 1. The number of carbonyl (C=O) groups is 1. The zero-order valence-electron chi connectivity index (χ0n) is 15.5. The second kappa shape index (κ2) is 7.13. The van der Waals surface area contributed by atoms with Crippen LogP contribution in [0, 0.1) is 6.92 Å². The Hall–Kier alpha value is -3.12. The Balaban J connectivity index is 1.69. The second-order valence-electron chi connectivity index (χ2n) is 6.61. The summed E-state index contributed by atoms with van der Waals surface area (Å²) >= 11 is 6.11. The highest BCUT2D eigenvalue weighted by Gasteiger charge is 2.14. The van der Waals surface area contributed by atoms with Crippen molar-refractivity contribution in [1.82, 2.24) is 14.5 Å². The molecule has 0 radical (unpaired) electrons. The normalized spacial score (nSPS) is 11.2. The molecule has 0 aliphatic heterocycles. The number of aryl methyl sites for hydroxylation is 3. The van der Waals surface area contributed by atoms with Crippen molar-refractivity contribution in [3.05, 3.63) is 74.9 Å². The van der Waals surface area contributed by atoms with E-state index < -0.39 is 5.97 Å². The monoisotopic (exact) mass is 395 g/mol. The van der Waals surface area contributed by atoms with Crippen molar-refractivity contribution in [1.29, 1.82) is 0 Å². The molecule has 4 rings (SSSR count). The minimum Gasteiger partial charge on any atom is -0.465 e. The van der Waals surface area contributed by atoms with Crippen LogP contribution in [0.15, 0.2) is 47.5 Å². The minimum atomic E-state index is -0.502. The molecule has 1 N–H and O–H groups in total. The van der Waals surface area contributed by atoms with Crippen LogP contribution in [0.4, 0.5) is 0 Å². The number of methoxy groups -OCH3 is 1. The Bertz CT molecular complexity index is 1270. The molecule has 28 heavy (non-hydrogen) atoms. The van der Waals surface area contributed by atoms with Gasteiger partial charge in [-0.3, -0.25) is 9.78 Å². The first kappa shape index (κ1) is 18.3. The highest BCUT2D eigenvalue weighted by atomic mass is 35.5. The van der Waals surface area contributed by atoms with E-state index in [4.69, 9.17) is 16.3 Å². The van der Waals surface area contributed by atoms with Crippen LogP contribution in [0.2, 0.25) is 5.02 Å². The molecule has 0 aliphatic rings. The third-order valence-electron chi connectivity index (χ3n) is 4.90. The molecule has 3 heterocycles. The number of ether oxygens (including phenoxy) is 1. The Kier molecular flexibility index (Phi) is 4.65. The van der Waals surface area contributed by atoms with E-state index in [0.717, 1.165) is 16.5 Å². The summed E-state index contributed by atoms with van der Waals surface area (Å²) in [5, 5.41) is 2.12. The first-order chi connectivity index (χ1) is 13.5. The number of esters is 1. The smallest absolute Gasteiger partial charge is 0.339 e. The van der Waals surface area contributed by atoms with Crippen LogP contribution < -0.4 is 5.56 Å². The van der Waals surface area contributed by atoms with Crippen LogP contribution in [-0.4, -0.2) is 27.6 Å². The Morgan fingerprint density at radius 2 is 2.07 bits per heavy atom. The van der Waals surface area contributed by atoms with E-state index in [1.54, 1.807) is 29.8 Å². The third-order valence-corrected chi connectivity index (χ3v) is 5.14. The van der Waals surface area contributed by atoms with Gasteiger partial charge in [-0.1, -0.05) is 11.6 Å². The van der Waals surface area contributed by atoms with Crippen molar-refractivity contribution in [2.24, 2.45) is 0 Å². The number of rotatable bonds is 4. The lowest BCUT2D eigenvalue weighted by molar-refractivity contribution is 0.0599. The molecule has 0 spiro atoms. The predicted octanol–water partition coefficient (Wildman–Crippen LogP) is 3.87. The lowest BCUT2D eigenvalue weighted by Gasteiger charge is -2.09. The van der Waals surface area contributed by atoms with Gasteiger partial charge in [0, 0.05) is 34.9 Å². The summed E-state index contributed by atoms with van der Waals surface area (Å²) in [7, 11) is 1.31. The van der Waals surface area contributed by atoms with E-state index in [1.807, 2.05) is 24.4 Å². The van der Waals surface area contributed by atoms with Gasteiger partial charge in [-0.15, -0.1) is 0 Å². The quantitative estimate of drug-likeness (QED) is 0.532. The summed E-state index contributed by atoms with van der Waals surface area (Å²) in [6, 6.07) is 9.05. The maximum absolute atomic E-state index is 12.9. The molecule has 0 saturated carbocycles. The lowest BCUT2D eigenvalue weighted by atomic mass is 10.1. The summed E-state index contributed by atoms with van der Waals surface area (Å²) in [6.07, 6.45) is 4.33. The number of fused-ring (bicyclic) bond motifs is 2. The van der Waals surface area contributed by atoms with Crippen LogP contribution in [0.5, 0.6) is 0 Å². The molecule has 0 amide bonds. The standard InChI is InChI=1S/C21H18ClN3O3/c1-12-15(21(27)28-2)10-17-19(24-12)6-8-25(20(17)26)7-5-13-11-23-18-4-3-14(22)9-16(13)18/h3-4,6,8-11,23H,5,7H2,1-2H3. The van der Waals surface area contributed by atoms with Gasteiger partial charge in [0.2, 0.25) is 0 Å². The number of aromatic nitrogens is 3. The van der Waals surface area contributed by atoms with Crippen molar-refractivity contribution >= 4 is 39.4 Å². The Morgan fingerprint density at radius 1 is 1.25 bits per heavy atom. The van der Waals surface area contributed by atoms with Gasteiger partial charge < -0.3 is 14.3 Å². The van der Waals surface area contributed by atoms with Crippen molar-refractivity contribution in [3.8, 4) is 0 Å². The number of pyridine rings is 2. The molecule has 4 aromatic rings. The summed E-state index contributed by atoms with van der Waals surface area (Å²) in [6.45, 7) is 2.22. The summed E-state index contributed by atoms with van der Waals surface area (Å²) in [4.78, 5) is 32.4. The molecule has 1 aromatic carbocycles. The second-order valence-corrected chi connectivity index (χ2v) is 7.05. The number of nitrogens with zero attached hydrogens (tertiary/aromatic N) is 2. The predicted molar refractivity (Wildman–Crippen MR) is 109 cm³/mol. The average Bonchev–Trinajstić information content (AvgIpc) is 3.08. The third kappa shape index (κ3) is 3.16. The van der Waals surface area contributed by atoms with Gasteiger partial charge in [-0.2, -0.15) is 0 Å². The number of aromatic amines is 1. The molecule has 142 valence electrons. The molecule has 3 aromatic heterocycles. The molecule has 6 nitrogen and oxygen atoms in total. The molecular weight excluding hydrogens is 378 g/mol. The van der Waals surface area contributed by atoms with Crippen LogP contribution in [0.1, 0.15) is 21.6 Å². The maximum Gasteiger partial charge on any atom is 0.339 e. The molecular formula is C21H18ClN3O3. The van der Waals surface area contributed by atoms with Crippen molar-refractivity contribution in [2.75, 3.05) is 7.11 Å². The fraction of sp³-hybridized carbons (Fsp3) is 0.190. The molecule has 0 atom stereocenters. The fourth-order valence-electron chi connectivity index (χ4n) is 3.40. The molecule has 0 aliphatic carbocycles. The van der Waals surface area contributed by atoms with Gasteiger partial charge in [0.15, 0.2) is 0 Å². The van der Waals surface area contributed by atoms with Crippen LogP contribution in [0.3, 0.4) is 0 Å². The molecule has 0 unspecified atom stereocenters. The highest BCUT2D eigenvalue weighted by molar-refractivity contribution is 6.31. The number of H-pyrrole nitrogens is 1. The molecule has 0 saturated heterocycles. The highest BCUT2D eigenvalue weighted by Crippen LogP contribution is 2.23. The van der Waals surface area contributed by atoms with Crippen LogP contribution >= 0.6 is 11.6 Å². The molecule has 0 fully saturated rings. The Labute approximate surface area is 165 Å². The van der Waals surface area contributed by atoms with Gasteiger partial charge in [0.25, 0.3) is 5.56 Å². The summed E-state index contributed by atoms with van der Waals surface area (Å²) < 4.78 is 6.41. The van der Waals surface area contributed by atoms with E-state index in [-0.39, 0.29) is 5.56 Å². The van der Waals surface area contributed by atoms with Crippen LogP contribution in [0.25, 0.3) is 21.8 Å². The number of hydrogen-bond donors (Lipinski definition) is 1. The molecule has 0 bridgehead atoms. The largest absolute Gasteiger partial charge is 0.465 e. The number of halogens is 1. The van der Waals surface area contributed by atoms with Crippen LogP contribution in [-0.2, 0) is 17.7 Å². The van der Waals surface area contributed by atoms with E-state index >= 15 is 0 Å². The van der Waals surface area contributed by atoms with E-state index in [1.165, 1.54) is 7.11 Å². The molecule has 7 heteroatoms. The zero-order valence-corrected chi connectivity index (χ0v) is 16.2. The van der Waals surface area contributed by atoms with Gasteiger partial charge >= 0.3 is 5.97 Å². The Morgan fingerprint density at radius 3 is 2.86 bits per heavy atom. The van der Waals surface area contributed by atoms with Crippen molar-refractivity contribution in [3.63, 3.8) is 0 Å². The SMILES string of the molecule is COC(=O)c1cc2c(=O)n(CCc3c[nH]c4ccc(Cl)cc34)ccc2nc1C. The topological polar surface area (TPSA) is 77.0 Å². The van der Waals surface area contributed by atoms with Gasteiger partial charge in [0.1, 0.15) is 0 Å². The van der Waals surface area contributed by atoms with Gasteiger partial charge in [0.05, 0.1) is 29.3 Å². The fourth-order valence-corrected chi connectivity index (χ4v) is 3.57. The van der Waals surface area contributed by atoms with Gasteiger partial charge in [-0.05, 0) is 49.2 Å². The summed E-state index contributed by atoms with van der Waals surface area (Å²) in [5.41, 5.74) is 3.30. The number of hydrogen-bond acceptors (Lipinski definition) is 4. The minimum absolute atomic E-state index is 0.187. The lowest BCUT2D eigenvalue weighted by Crippen LogP contribution is -2.21. The van der Waals surface area contributed by atoms with Gasteiger partial charge in [-0.25, -0.2) is 4.79 Å². The van der Waals surface area contributed by atoms with E-state index in [0.29, 0.717) is 40.1 Å². The first-order valence-electron chi connectivity index (χ1n) is 8.82. The first-order valence-corrected chi connectivity index (χ1v) is 9.20. The number of benzene rings is 1. The maximum atomic E-state index is 12.9.